The average molecular weight is 243 g/mol. The van der Waals surface area contributed by atoms with Gasteiger partial charge in [-0.1, -0.05) is 29.3 Å². The summed E-state index contributed by atoms with van der Waals surface area (Å²) >= 11 is 3.65. The van der Waals surface area contributed by atoms with E-state index in [0.717, 1.165) is 18.5 Å². The number of hydrogen-bond donors (Lipinski definition) is 0. The number of hydrogen-bond acceptors (Lipinski definition) is 2. The third kappa shape index (κ3) is 4.36. The van der Waals surface area contributed by atoms with E-state index < -0.39 is 0 Å². The predicted molar refractivity (Wildman–Crippen MR) is 58.0 cm³/mol. The fraction of sp³-hybridized carbons (Fsp3) is 0.600. The highest BCUT2D eigenvalue weighted by molar-refractivity contribution is 9.09. The zero-order chi connectivity index (χ0) is 9.52. The molecule has 0 bridgehead atoms. The van der Waals surface area contributed by atoms with E-state index in [1.165, 1.54) is 12.8 Å². The Morgan fingerprint density at radius 3 is 2.85 bits per heavy atom. The molecule has 1 rings (SSSR count). The van der Waals surface area contributed by atoms with Gasteiger partial charge in [-0.05, 0) is 19.3 Å². The molecular formula is C10H15BrN2. The minimum Gasteiger partial charge on any atom is -0.261 e. The first-order chi connectivity index (χ1) is 6.33. The molecule has 0 spiro atoms. The number of alkyl halides is 1. The topological polar surface area (TPSA) is 25.8 Å². The Bertz CT molecular complexity index is 226. The van der Waals surface area contributed by atoms with Gasteiger partial charge in [0.25, 0.3) is 0 Å². The highest BCUT2D eigenvalue weighted by Gasteiger charge is 2.03. The van der Waals surface area contributed by atoms with Crippen molar-refractivity contribution in [3.05, 3.63) is 24.3 Å². The van der Waals surface area contributed by atoms with Gasteiger partial charge in [-0.2, -0.15) is 0 Å². The molecule has 2 nitrogen and oxygen atoms in total. The minimum absolute atomic E-state index is 0.625. The van der Waals surface area contributed by atoms with Gasteiger partial charge in [-0.25, -0.2) is 0 Å². The predicted octanol–water partition coefficient (Wildman–Crippen LogP) is 2.97. The Morgan fingerprint density at radius 1 is 1.38 bits per heavy atom. The summed E-state index contributed by atoms with van der Waals surface area (Å²) in [5.41, 5.74) is 1.09. The number of aryl methyl sites for hydroxylation is 1. The maximum atomic E-state index is 4.23. The lowest BCUT2D eigenvalue weighted by Crippen LogP contribution is -2.00. The molecule has 0 saturated carbocycles. The van der Waals surface area contributed by atoms with Crippen molar-refractivity contribution in [3.8, 4) is 0 Å². The third-order valence-electron chi connectivity index (χ3n) is 1.93. The molecular weight excluding hydrogens is 228 g/mol. The van der Waals surface area contributed by atoms with E-state index in [0.29, 0.717) is 4.83 Å². The molecule has 0 radical (unpaired) electrons. The summed E-state index contributed by atoms with van der Waals surface area (Å²) in [6.07, 6.45) is 9.93. The Kier molecular flexibility index (Phi) is 4.98. The standard InChI is InChI=1S/C10H15BrN2/c1-2-3-9(11)4-5-10-8-12-6-7-13-10/h6-9H,2-5H2,1H3. The summed E-state index contributed by atoms with van der Waals surface area (Å²) < 4.78 is 0. The SMILES string of the molecule is CCCC(Br)CCc1cnccn1. The summed E-state index contributed by atoms with van der Waals surface area (Å²) in [7, 11) is 0. The number of aromatic nitrogens is 2. The van der Waals surface area contributed by atoms with Crippen LogP contribution in [-0.2, 0) is 6.42 Å². The lowest BCUT2D eigenvalue weighted by Gasteiger charge is -2.06. The van der Waals surface area contributed by atoms with Crippen LogP contribution in [-0.4, -0.2) is 14.8 Å². The molecule has 1 unspecified atom stereocenters. The first-order valence-electron chi connectivity index (χ1n) is 4.72. The molecule has 1 aromatic heterocycles. The van der Waals surface area contributed by atoms with E-state index in [9.17, 15) is 0 Å². The highest BCUT2D eigenvalue weighted by Crippen LogP contribution is 2.14. The van der Waals surface area contributed by atoms with Crippen LogP contribution in [0, 0.1) is 0 Å². The van der Waals surface area contributed by atoms with Crippen molar-refractivity contribution in [3.63, 3.8) is 0 Å². The van der Waals surface area contributed by atoms with Gasteiger partial charge in [-0.3, -0.25) is 9.97 Å². The van der Waals surface area contributed by atoms with Crippen LogP contribution in [0.15, 0.2) is 18.6 Å². The van der Waals surface area contributed by atoms with Crippen LogP contribution in [0.25, 0.3) is 0 Å². The molecule has 0 aromatic carbocycles. The van der Waals surface area contributed by atoms with E-state index in [1.54, 1.807) is 12.4 Å². The van der Waals surface area contributed by atoms with E-state index in [4.69, 9.17) is 0 Å². The van der Waals surface area contributed by atoms with Crippen LogP contribution in [0.4, 0.5) is 0 Å². The van der Waals surface area contributed by atoms with Crippen molar-refractivity contribution in [2.24, 2.45) is 0 Å². The number of rotatable bonds is 5. The van der Waals surface area contributed by atoms with E-state index >= 15 is 0 Å². The lowest BCUT2D eigenvalue weighted by molar-refractivity contribution is 0.684. The van der Waals surface area contributed by atoms with Gasteiger partial charge in [-0.15, -0.1) is 0 Å². The van der Waals surface area contributed by atoms with Crippen LogP contribution in [0.2, 0.25) is 0 Å². The molecule has 72 valence electrons. The zero-order valence-corrected chi connectivity index (χ0v) is 9.50. The van der Waals surface area contributed by atoms with Crippen molar-refractivity contribution < 1.29 is 0 Å². The maximum absolute atomic E-state index is 4.23. The van der Waals surface area contributed by atoms with Crippen molar-refractivity contribution in [1.29, 1.82) is 0 Å². The van der Waals surface area contributed by atoms with Crippen molar-refractivity contribution in [2.75, 3.05) is 0 Å². The largest absolute Gasteiger partial charge is 0.261 e. The summed E-state index contributed by atoms with van der Waals surface area (Å²) in [6.45, 7) is 2.20. The minimum atomic E-state index is 0.625. The molecule has 1 aromatic rings. The van der Waals surface area contributed by atoms with Crippen LogP contribution < -0.4 is 0 Å². The second-order valence-corrected chi connectivity index (χ2v) is 4.42. The smallest absolute Gasteiger partial charge is 0.0587 e. The Labute approximate surface area is 87.9 Å². The van der Waals surface area contributed by atoms with Crippen LogP contribution >= 0.6 is 15.9 Å². The van der Waals surface area contributed by atoms with E-state index in [1.807, 2.05) is 6.20 Å². The van der Waals surface area contributed by atoms with E-state index in [2.05, 4.69) is 32.8 Å². The van der Waals surface area contributed by atoms with Gasteiger partial charge in [0.1, 0.15) is 0 Å². The first kappa shape index (κ1) is 10.6. The monoisotopic (exact) mass is 242 g/mol. The van der Waals surface area contributed by atoms with Gasteiger partial charge < -0.3 is 0 Å². The van der Waals surface area contributed by atoms with Crippen molar-refractivity contribution >= 4 is 15.9 Å². The lowest BCUT2D eigenvalue weighted by atomic mass is 10.1. The van der Waals surface area contributed by atoms with Crippen molar-refractivity contribution in [2.45, 2.75) is 37.4 Å². The van der Waals surface area contributed by atoms with Crippen molar-refractivity contribution in [1.82, 2.24) is 9.97 Å². The molecule has 0 aliphatic carbocycles. The van der Waals surface area contributed by atoms with Gasteiger partial charge >= 0.3 is 0 Å². The molecule has 0 fully saturated rings. The van der Waals surface area contributed by atoms with Crippen LogP contribution in [0.5, 0.6) is 0 Å². The quantitative estimate of drug-likeness (QED) is 0.743. The molecule has 1 heterocycles. The molecule has 0 N–H and O–H groups in total. The van der Waals surface area contributed by atoms with Crippen LogP contribution in [0.3, 0.4) is 0 Å². The Hall–Kier alpha value is -0.440. The molecule has 0 aliphatic rings. The van der Waals surface area contributed by atoms with Gasteiger partial charge in [0.05, 0.1) is 5.69 Å². The third-order valence-corrected chi connectivity index (χ3v) is 2.85. The molecule has 1 atom stereocenters. The van der Waals surface area contributed by atoms with Gasteiger partial charge in [0, 0.05) is 23.4 Å². The fourth-order valence-corrected chi connectivity index (χ4v) is 1.91. The molecule has 0 amide bonds. The average Bonchev–Trinajstić information content (AvgIpc) is 2.17. The molecule has 3 heteroatoms. The summed E-state index contributed by atoms with van der Waals surface area (Å²) in [5, 5.41) is 0. The van der Waals surface area contributed by atoms with Gasteiger partial charge in [0.15, 0.2) is 0 Å². The molecule has 0 saturated heterocycles. The summed E-state index contributed by atoms with van der Waals surface area (Å²) in [4.78, 5) is 8.88. The van der Waals surface area contributed by atoms with Crippen LogP contribution in [0.1, 0.15) is 31.9 Å². The summed E-state index contributed by atoms with van der Waals surface area (Å²) in [5.74, 6) is 0. The fourth-order valence-electron chi connectivity index (χ4n) is 1.22. The number of nitrogens with zero attached hydrogens (tertiary/aromatic N) is 2. The second kappa shape index (κ2) is 6.08. The van der Waals surface area contributed by atoms with Gasteiger partial charge in [0.2, 0.25) is 0 Å². The summed E-state index contributed by atoms with van der Waals surface area (Å²) in [6, 6.07) is 0. The Balaban J connectivity index is 2.27. The second-order valence-electron chi connectivity index (χ2n) is 3.12. The normalized spacial score (nSPS) is 12.8. The highest BCUT2D eigenvalue weighted by atomic mass is 79.9. The maximum Gasteiger partial charge on any atom is 0.0587 e. The number of halogens is 1. The molecule has 13 heavy (non-hydrogen) atoms. The molecule has 0 aliphatic heterocycles. The first-order valence-corrected chi connectivity index (χ1v) is 5.63. The zero-order valence-electron chi connectivity index (χ0n) is 7.91. The Morgan fingerprint density at radius 2 is 2.23 bits per heavy atom. The van der Waals surface area contributed by atoms with E-state index in [-0.39, 0.29) is 0 Å².